The number of carboxylic acid groups (broad SMARTS) is 2. The minimum absolute atomic E-state index is 0.173. The number of nitrogens with zero attached hydrogens (tertiary/aromatic N) is 1. The summed E-state index contributed by atoms with van der Waals surface area (Å²) in [4.78, 5) is 23.5. The molecule has 0 radical (unpaired) electrons. The van der Waals surface area contributed by atoms with Gasteiger partial charge in [0.2, 0.25) is 0 Å². The van der Waals surface area contributed by atoms with Crippen LogP contribution in [0.15, 0.2) is 18.2 Å². The van der Waals surface area contributed by atoms with Crippen molar-refractivity contribution in [1.29, 1.82) is 0 Å². The molecule has 1 aromatic carbocycles. The Bertz CT molecular complexity index is 484. The van der Waals surface area contributed by atoms with Crippen molar-refractivity contribution in [2.45, 2.75) is 20.8 Å². The average molecular weight is 265 g/mol. The summed E-state index contributed by atoms with van der Waals surface area (Å²) in [6.45, 7) is 5.34. The minimum atomic E-state index is -0.974. The first-order chi connectivity index (χ1) is 8.81. The van der Waals surface area contributed by atoms with E-state index >= 15 is 0 Å². The first kappa shape index (κ1) is 15.0. The predicted molar refractivity (Wildman–Crippen MR) is 72.6 cm³/mol. The SMILES string of the molecule is Cc1ccc(C)c(N(CC(=O)O)CC(C)C(=O)O)c1. The van der Waals surface area contributed by atoms with Gasteiger partial charge in [0.05, 0.1) is 5.92 Å². The van der Waals surface area contributed by atoms with Crippen molar-refractivity contribution in [3.8, 4) is 0 Å². The molecule has 0 fully saturated rings. The monoisotopic (exact) mass is 265 g/mol. The Hall–Kier alpha value is -2.04. The maximum absolute atomic E-state index is 10.9. The van der Waals surface area contributed by atoms with E-state index in [1.54, 1.807) is 11.8 Å². The molecule has 2 N–H and O–H groups in total. The molecule has 104 valence electrons. The van der Waals surface area contributed by atoms with Gasteiger partial charge in [-0.1, -0.05) is 19.1 Å². The first-order valence-electron chi connectivity index (χ1n) is 6.08. The van der Waals surface area contributed by atoms with Gasteiger partial charge in [0.25, 0.3) is 0 Å². The quantitative estimate of drug-likeness (QED) is 0.821. The molecule has 0 saturated carbocycles. The second-order valence-corrected chi connectivity index (χ2v) is 4.80. The van der Waals surface area contributed by atoms with Crippen LogP contribution in [0.2, 0.25) is 0 Å². The summed E-state index contributed by atoms with van der Waals surface area (Å²) in [6, 6.07) is 5.73. The molecule has 1 unspecified atom stereocenters. The van der Waals surface area contributed by atoms with Crippen LogP contribution in [0, 0.1) is 19.8 Å². The summed E-state index contributed by atoms with van der Waals surface area (Å²) < 4.78 is 0. The molecule has 0 saturated heterocycles. The Morgan fingerprint density at radius 3 is 2.42 bits per heavy atom. The fraction of sp³-hybridized carbons (Fsp3) is 0.429. The molecule has 19 heavy (non-hydrogen) atoms. The highest BCUT2D eigenvalue weighted by atomic mass is 16.4. The fourth-order valence-electron chi connectivity index (χ4n) is 1.88. The van der Waals surface area contributed by atoms with Crippen LogP contribution in [-0.2, 0) is 9.59 Å². The number of anilines is 1. The van der Waals surface area contributed by atoms with Crippen molar-refractivity contribution in [3.05, 3.63) is 29.3 Å². The van der Waals surface area contributed by atoms with Gasteiger partial charge in [-0.15, -0.1) is 0 Å². The van der Waals surface area contributed by atoms with E-state index in [0.717, 1.165) is 16.8 Å². The third kappa shape index (κ3) is 4.28. The molecule has 0 aliphatic rings. The number of aliphatic carboxylic acids is 2. The molecule has 1 aromatic rings. The van der Waals surface area contributed by atoms with E-state index in [1.807, 2.05) is 32.0 Å². The molecule has 0 spiro atoms. The molecular weight excluding hydrogens is 246 g/mol. The van der Waals surface area contributed by atoms with E-state index < -0.39 is 17.9 Å². The topological polar surface area (TPSA) is 77.8 Å². The highest BCUT2D eigenvalue weighted by molar-refractivity contribution is 5.76. The number of benzene rings is 1. The smallest absolute Gasteiger partial charge is 0.323 e. The third-order valence-corrected chi connectivity index (χ3v) is 2.95. The molecule has 1 rings (SSSR count). The summed E-state index contributed by atoms with van der Waals surface area (Å²) in [7, 11) is 0. The van der Waals surface area contributed by atoms with E-state index in [9.17, 15) is 9.59 Å². The van der Waals surface area contributed by atoms with Crippen LogP contribution in [0.25, 0.3) is 0 Å². The van der Waals surface area contributed by atoms with Crippen molar-refractivity contribution < 1.29 is 19.8 Å². The normalized spacial score (nSPS) is 11.9. The molecule has 0 amide bonds. The van der Waals surface area contributed by atoms with Crippen LogP contribution in [0.4, 0.5) is 5.69 Å². The lowest BCUT2D eigenvalue weighted by molar-refractivity contribution is -0.141. The summed E-state index contributed by atoms with van der Waals surface area (Å²) in [5.74, 6) is -2.53. The third-order valence-electron chi connectivity index (χ3n) is 2.95. The molecule has 1 atom stereocenters. The maximum atomic E-state index is 10.9. The van der Waals surface area contributed by atoms with Crippen molar-refractivity contribution in [2.24, 2.45) is 5.92 Å². The number of aryl methyl sites for hydroxylation is 2. The Morgan fingerprint density at radius 1 is 1.26 bits per heavy atom. The Balaban J connectivity index is 3.05. The van der Waals surface area contributed by atoms with Crippen molar-refractivity contribution in [2.75, 3.05) is 18.0 Å². The largest absolute Gasteiger partial charge is 0.481 e. The Kier molecular flexibility index (Phi) is 4.92. The zero-order valence-electron chi connectivity index (χ0n) is 11.4. The highest BCUT2D eigenvalue weighted by Crippen LogP contribution is 2.22. The van der Waals surface area contributed by atoms with Crippen molar-refractivity contribution in [1.82, 2.24) is 0 Å². The molecule has 0 aliphatic heterocycles. The van der Waals surface area contributed by atoms with Crippen LogP contribution in [-0.4, -0.2) is 35.2 Å². The minimum Gasteiger partial charge on any atom is -0.481 e. The van der Waals surface area contributed by atoms with Gasteiger partial charge in [-0.2, -0.15) is 0 Å². The average Bonchev–Trinajstić information content (AvgIpc) is 2.30. The fourth-order valence-corrected chi connectivity index (χ4v) is 1.88. The maximum Gasteiger partial charge on any atom is 0.323 e. The summed E-state index contributed by atoms with van der Waals surface area (Å²) >= 11 is 0. The van der Waals surface area contributed by atoms with E-state index in [-0.39, 0.29) is 13.1 Å². The van der Waals surface area contributed by atoms with Gasteiger partial charge in [0.15, 0.2) is 0 Å². The van der Waals surface area contributed by atoms with Gasteiger partial charge >= 0.3 is 11.9 Å². The summed E-state index contributed by atoms with van der Waals surface area (Å²) in [5.41, 5.74) is 2.72. The molecule has 0 aromatic heterocycles. The Morgan fingerprint density at radius 2 is 1.89 bits per heavy atom. The van der Waals surface area contributed by atoms with Crippen LogP contribution in [0.1, 0.15) is 18.1 Å². The zero-order chi connectivity index (χ0) is 14.6. The van der Waals surface area contributed by atoms with Crippen LogP contribution >= 0.6 is 0 Å². The predicted octanol–water partition coefficient (Wildman–Crippen LogP) is 1.92. The van der Waals surface area contributed by atoms with Crippen LogP contribution in [0.5, 0.6) is 0 Å². The number of hydrogen-bond donors (Lipinski definition) is 2. The van der Waals surface area contributed by atoms with E-state index in [0.29, 0.717) is 0 Å². The van der Waals surface area contributed by atoms with Gasteiger partial charge in [0.1, 0.15) is 6.54 Å². The molecule has 0 heterocycles. The lowest BCUT2D eigenvalue weighted by Crippen LogP contribution is -2.36. The van der Waals surface area contributed by atoms with E-state index in [1.165, 1.54) is 0 Å². The van der Waals surface area contributed by atoms with Gasteiger partial charge < -0.3 is 15.1 Å². The number of rotatable bonds is 6. The lowest BCUT2D eigenvalue weighted by Gasteiger charge is -2.26. The molecule has 0 bridgehead atoms. The number of carboxylic acids is 2. The van der Waals surface area contributed by atoms with E-state index in [2.05, 4.69) is 0 Å². The Labute approximate surface area is 112 Å². The second kappa shape index (κ2) is 6.22. The second-order valence-electron chi connectivity index (χ2n) is 4.80. The number of hydrogen-bond acceptors (Lipinski definition) is 3. The zero-order valence-corrected chi connectivity index (χ0v) is 11.4. The van der Waals surface area contributed by atoms with E-state index in [4.69, 9.17) is 10.2 Å². The number of carbonyl (C=O) groups is 2. The van der Waals surface area contributed by atoms with Crippen molar-refractivity contribution in [3.63, 3.8) is 0 Å². The summed E-state index contributed by atoms with van der Waals surface area (Å²) in [5, 5.41) is 17.9. The standard InChI is InChI=1S/C14H19NO4/c1-9-4-5-10(2)12(6-9)15(8-13(16)17)7-11(3)14(18)19/h4-6,11H,7-8H2,1-3H3,(H,16,17)(H,18,19). The van der Waals surface area contributed by atoms with Crippen LogP contribution in [0.3, 0.4) is 0 Å². The molecule has 5 heteroatoms. The van der Waals surface area contributed by atoms with Crippen molar-refractivity contribution >= 4 is 17.6 Å². The molecule has 5 nitrogen and oxygen atoms in total. The van der Waals surface area contributed by atoms with Gasteiger partial charge in [0, 0.05) is 12.2 Å². The van der Waals surface area contributed by atoms with Gasteiger partial charge in [-0.3, -0.25) is 9.59 Å². The first-order valence-corrected chi connectivity index (χ1v) is 6.08. The molecule has 0 aliphatic carbocycles. The summed E-state index contributed by atoms with van der Waals surface area (Å²) in [6.07, 6.45) is 0. The highest BCUT2D eigenvalue weighted by Gasteiger charge is 2.19. The van der Waals surface area contributed by atoms with Crippen LogP contribution < -0.4 is 4.90 Å². The van der Waals surface area contributed by atoms with Gasteiger partial charge in [-0.25, -0.2) is 0 Å². The molecular formula is C14H19NO4. The van der Waals surface area contributed by atoms with Gasteiger partial charge in [-0.05, 0) is 31.0 Å². The lowest BCUT2D eigenvalue weighted by atomic mass is 10.1.